The van der Waals surface area contributed by atoms with Crippen LogP contribution in [0.25, 0.3) is 0 Å². The smallest absolute Gasteiger partial charge is 0.123 e. The fraction of sp³-hybridized carbons (Fsp3) is 0.375. The average molecular weight is 282 g/mol. The Morgan fingerprint density at radius 1 is 1.48 bits per heavy atom. The van der Waals surface area contributed by atoms with E-state index in [-0.39, 0.29) is 0 Å². The monoisotopic (exact) mass is 282 g/mol. The zero-order chi connectivity index (χ0) is 14.7. The van der Waals surface area contributed by atoms with Gasteiger partial charge in [-0.05, 0) is 31.0 Å². The van der Waals surface area contributed by atoms with Crippen molar-refractivity contribution in [1.29, 1.82) is 5.26 Å². The van der Waals surface area contributed by atoms with Gasteiger partial charge in [-0.25, -0.2) is 4.98 Å². The van der Waals surface area contributed by atoms with Gasteiger partial charge in [-0.1, -0.05) is 0 Å². The molecule has 1 N–H and O–H groups in total. The SMILES string of the molecule is COc1ccc(C#N)cc1Cn1cnc(CNC2CC2)c1. The summed E-state index contributed by atoms with van der Waals surface area (Å²) in [6.07, 6.45) is 6.41. The van der Waals surface area contributed by atoms with Crippen molar-refractivity contribution < 1.29 is 4.74 Å². The highest BCUT2D eigenvalue weighted by Gasteiger charge is 2.20. The van der Waals surface area contributed by atoms with E-state index in [1.165, 1.54) is 12.8 Å². The Bertz CT molecular complexity index is 667. The first-order valence-electron chi connectivity index (χ1n) is 7.09. The van der Waals surface area contributed by atoms with Crippen LogP contribution in [0.15, 0.2) is 30.7 Å². The van der Waals surface area contributed by atoms with Crippen LogP contribution >= 0.6 is 0 Å². The Hall–Kier alpha value is -2.32. The quantitative estimate of drug-likeness (QED) is 0.881. The van der Waals surface area contributed by atoms with Gasteiger partial charge in [0.2, 0.25) is 0 Å². The second-order valence-corrected chi connectivity index (χ2v) is 5.33. The number of nitrogens with one attached hydrogen (secondary N) is 1. The molecule has 0 aliphatic heterocycles. The first kappa shape index (κ1) is 13.7. The number of hydrogen-bond acceptors (Lipinski definition) is 4. The molecule has 1 aliphatic carbocycles. The van der Waals surface area contributed by atoms with Crippen molar-refractivity contribution in [3.8, 4) is 11.8 Å². The molecule has 0 radical (unpaired) electrons. The zero-order valence-corrected chi connectivity index (χ0v) is 12.0. The molecule has 0 unspecified atom stereocenters. The molecule has 1 aromatic heterocycles. The lowest BCUT2D eigenvalue weighted by Gasteiger charge is -2.09. The van der Waals surface area contributed by atoms with E-state index in [0.29, 0.717) is 18.2 Å². The van der Waals surface area contributed by atoms with Gasteiger partial charge in [0.25, 0.3) is 0 Å². The van der Waals surface area contributed by atoms with Gasteiger partial charge < -0.3 is 14.6 Å². The molecule has 1 saturated carbocycles. The van der Waals surface area contributed by atoms with Gasteiger partial charge in [0.1, 0.15) is 5.75 Å². The van der Waals surface area contributed by atoms with Crippen molar-refractivity contribution in [3.05, 3.63) is 47.5 Å². The van der Waals surface area contributed by atoms with Crippen LogP contribution in [0.1, 0.15) is 29.7 Å². The number of rotatable bonds is 6. The molecule has 5 nitrogen and oxygen atoms in total. The second-order valence-electron chi connectivity index (χ2n) is 5.33. The third kappa shape index (κ3) is 3.41. The molecule has 5 heteroatoms. The Morgan fingerprint density at radius 2 is 2.33 bits per heavy atom. The van der Waals surface area contributed by atoms with Gasteiger partial charge in [0.05, 0.1) is 37.3 Å². The highest BCUT2D eigenvalue weighted by molar-refractivity contribution is 5.42. The minimum atomic E-state index is 0.640. The summed E-state index contributed by atoms with van der Waals surface area (Å²) in [6.45, 7) is 1.46. The van der Waals surface area contributed by atoms with Crippen molar-refractivity contribution in [1.82, 2.24) is 14.9 Å². The number of benzene rings is 1. The number of ether oxygens (including phenoxy) is 1. The maximum absolute atomic E-state index is 9.01. The third-order valence-electron chi connectivity index (χ3n) is 3.60. The third-order valence-corrected chi connectivity index (χ3v) is 3.60. The molecule has 0 bridgehead atoms. The van der Waals surface area contributed by atoms with Crippen LogP contribution in [-0.4, -0.2) is 22.7 Å². The van der Waals surface area contributed by atoms with Crippen LogP contribution in [0.3, 0.4) is 0 Å². The van der Waals surface area contributed by atoms with Gasteiger partial charge in [-0.2, -0.15) is 5.26 Å². The fourth-order valence-electron chi connectivity index (χ4n) is 2.29. The number of hydrogen-bond donors (Lipinski definition) is 1. The van der Waals surface area contributed by atoms with Gasteiger partial charge in [0, 0.05) is 24.3 Å². The Kier molecular flexibility index (Phi) is 3.89. The normalized spacial score (nSPS) is 13.9. The Morgan fingerprint density at radius 3 is 3.05 bits per heavy atom. The van der Waals surface area contributed by atoms with Crippen LogP contribution in [0.4, 0.5) is 0 Å². The van der Waals surface area contributed by atoms with Crippen LogP contribution in [0, 0.1) is 11.3 Å². The topological polar surface area (TPSA) is 62.9 Å². The highest BCUT2D eigenvalue weighted by Crippen LogP contribution is 2.21. The predicted octanol–water partition coefficient (Wildman–Crippen LogP) is 2.06. The average Bonchev–Trinajstić information content (AvgIpc) is 3.24. The largest absolute Gasteiger partial charge is 0.496 e. The van der Waals surface area contributed by atoms with E-state index in [1.807, 2.05) is 29.2 Å². The van der Waals surface area contributed by atoms with Crippen molar-refractivity contribution >= 4 is 0 Å². The maximum atomic E-state index is 9.01. The summed E-state index contributed by atoms with van der Waals surface area (Å²) in [5, 5.41) is 12.5. The standard InChI is InChI=1S/C16H18N4O/c1-21-16-5-2-12(7-17)6-13(16)9-20-10-15(19-11-20)8-18-14-3-4-14/h2,5-6,10-11,14,18H,3-4,8-9H2,1H3. The van der Waals surface area contributed by atoms with Gasteiger partial charge in [-0.15, -0.1) is 0 Å². The molecule has 0 atom stereocenters. The maximum Gasteiger partial charge on any atom is 0.123 e. The molecule has 1 heterocycles. The molecular weight excluding hydrogens is 264 g/mol. The molecule has 1 aliphatic rings. The molecule has 21 heavy (non-hydrogen) atoms. The summed E-state index contributed by atoms with van der Waals surface area (Å²) < 4.78 is 7.37. The first-order valence-corrected chi connectivity index (χ1v) is 7.09. The van der Waals surface area contributed by atoms with E-state index in [9.17, 15) is 0 Å². The summed E-state index contributed by atoms with van der Waals surface area (Å²) in [5.74, 6) is 0.792. The second kappa shape index (κ2) is 5.98. The van der Waals surface area contributed by atoms with Crippen LogP contribution in [0.2, 0.25) is 0 Å². The Labute approximate surface area is 124 Å². The predicted molar refractivity (Wildman–Crippen MR) is 78.9 cm³/mol. The number of nitriles is 1. The first-order chi connectivity index (χ1) is 10.3. The molecule has 1 aromatic carbocycles. The van der Waals surface area contributed by atoms with Gasteiger partial charge in [-0.3, -0.25) is 0 Å². The lowest BCUT2D eigenvalue weighted by atomic mass is 10.1. The molecule has 1 fully saturated rings. The minimum absolute atomic E-state index is 0.640. The number of methoxy groups -OCH3 is 1. The van der Waals surface area contributed by atoms with Crippen molar-refractivity contribution in [2.75, 3.05) is 7.11 Å². The number of aromatic nitrogens is 2. The summed E-state index contributed by atoms with van der Waals surface area (Å²) in [4.78, 5) is 4.40. The van der Waals surface area contributed by atoms with Crippen molar-refractivity contribution in [2.45, 2.75) is 32.0 Å². The minimum Gasteiger partial charge on any atom is -0.496 e. The van der Waals surface area contributed by atoms with Gasteiger partial charge in [0.15, 0.2) is 0 Å². The van der Waals surface area contributed by atoms with Crippen molar-refractivity contribution in [2.24, 2.45) is 0 Å². The summed E-state index contributed by atoms with van der Waals surface area (Å²) in [7, 11) is 1.64. The molecule has 0 amide bonds. The molecule has 3 rings (SSSR count). The molecule has 108 valence electrons. The van der Waals surface area contributed by atoms with E-state index in [4.69, 9.17) is 10.00 Å². The molecule has 0 saturated heterocycles. The van der Waals surface area contributed by atoms with E-state index in [0.717, 1.165) is 23.6 Å². The van der Waals surface area contributed by atoms with Crippen LogP contribution < -0.4 is 10.1 Å². The zero-order valence-electron chi connectivity index (χ0n) is 12.0. The Balaban J connectivity index is 1.71. The lowest BCUT2D eigenvalue weighted by Crippen LogP contribution is -2.15. The summed E-state index contributed by atoms with van der Waals surface area (Å²) in [5.41, 5.74) is 2.66. The van der Waals surface area contributed by atoms with E-state index < -0.39 is 0 Å². The summed E-state index contributed by atoms with van der Waals surface area (Å²) in [6, 6.07) is 8.30. The molecule has 0 spiro atoms. The van der Waals surface area contributed by atoms with E-state index >= 15 is 0 Å². The summed E-state index contributed by atoms with van der Waals surface area (Å²) >= 11 is 0. The highest BCUT2D eigenvalue weighted by atomic mass is 16.5. The molecule has 2 aromatic rings. The number of nitrogens with zero attached hydrogens (tertiary/aromatic N) is 3. The van der Waals surface area contributed by atoms with Crippen LogP contribution in [0.5, 0.6) is 5.75 Å². The fourth-order valence-corrected chi connectivity index (χ4v) is 2.29. The number of imidazole rings is 1. The van der Waals surface area contributed by atoms with E-state index in [1.54, 1.807) is 13.2 Å². The van der Waals surface area contributed by atoms with Gasteiger partial charge >= 0.3 is 0 Å². The van der Waals surface area contributed by atoms with E-state index in [2.05, 4.69) is 16.4 Å². The van der Waals surface area contributed by atoms with Crippen LogP contribution in [-0.2, 0) is 13.1 Å². The lowest BCUT2D eigenvalue weighted by molar-refractivity contribution is 0.408. The van der Waals surface area contributed by atoms with Crippen molar-refractivity contribution in [3.63, 3.8) is 0 Å². The molecular formula is C16H18N4O.